The fourth-order valence-corrected chi connectivity index (χ4v) is 1.63. The summed E-state index contributed by atoms with van der Waals surface area (Å²) < 4.78 is 9.74. The first kappa shape index (κ1) is 13.1. The average Bonchev–Trinajstić information content (AvgIpc) is 2.64. The number of carbonyl (C=O) groups is 2. The third-order valence-corrected chi connectivity index (χ3v) is 2.60. The molecule has 1 atom stereocenters. The first-order valence-corrected chi connectivity index (χ1v) is 5.65. The zero-order valence-corrected chi connectivity index (χ0v) is 10.3. The molecule has 0 saturated heterocycles. The van der Waals surface area contributed by atoms with Gasteiger partial charge in [-0.05, 0) is 18.1 Å². The van der Waals surface area contributed by atoms with Crippen LogP contribution in [0.1, 0.15) is 12.5 Å². The Morgan fingerprint density at radius 1 is 1.37 bits per heavy atom. The molecule has 0 spiro atoms. The number of nitrogens with zero attached hydrogens (tertiary/aromatic N) is 1. The van der Waals surface area contributed by atoms with Crippen molar-refractivity contribution in [3.63, 3.8) is 0 Å². The van der Waals surface area contributed by atoms with Gasteiger partial charge in [0.2, 0.25) is 6.23 Å². The van der Waals surface area contributed by atoms with Crippen LogP contribution in [0, 0.1) is 0 Å². The van der Waals surface area contributed by atoms with Crippen LogP contribution in [0.3, 0.4) is 0 Å². The highest BCUT2D eigenvalue weighted by Crippen LogP contribution is 2.18. The Bertz CT molecular complexity index is 511. The van der Waals surface area contributed by atoms with Crippen LogP contribution in [0.15, 0.2) is 42.0 Å². The summed E-state index contributed by atoms with van der Waals surface area (Å²) in [6, 6.07) is 9.10. The lowest BCUT2D eigenvalue weighted by atomic mass is 10.2. The number of carbonyl (C=O) groups excluding carboxylic acids is 2. The molecule has 100 valence electrons. The van der Waals surface area contributed by atoms with Crippen LogP contribution in [-0.4, -0.2) is 28.6 Å². The van der Waals surface area contributed by atoms with Crippen LogP contribution in [-0.2, 0) is 20.9 Å². The largest absolute Gasteiger partial charge is 0.510 e. The van der Waals surface area contributed by atoms with Crippen LogP contribution in [0.25, 0.3) is 0 Å². The van der Waals surface area contributed by atoms with Crippen molar-refractivity contribution >= 4 is 12.1 Å². The predicted molar refractivity (Wildman–Crippen MR) is 63.9 cm³/mol. The molecular weight excluding hydrogens is 250 g/mol. The normalized spacial score (nSPS) is 18.2. The Balaban J connectivity index is 1.85. The van der Waals surface area contributed by atoms with E-state index < -0.39 is 18.3 Å². The minimum absolute atomic E-state index is 0.0640. The standard InChI is InChI=1S/C13H13NO5/c1-9-7-11(15)14(17)12(9)19-13(16)18-8-10-5-3-2-4-6-10/h2-7,12,17H,8H2,1H3. The van der Waals surface area contributed by atoms with Crippen LogP contribution in [0.4, 0.5) is 4.79 Å². The van der Waals surface area contributed by atoms with E-state index in [-0.39, 0.29) is 6.61 Å². The lowest BCUT2D eigenvalue weighted by Gasteiger charge is -2.19. The first-order valence-electron chi connectivity index (χ1n) is 5.65. The molecule has 0 aromatic heterocycles. The molecule has 1 heterocycles. The van der Waals surface area contributed by atoms with E-state index >= 15 is 0 Å². The molecule has 6 heteroatoms. The van der Waals surface area contributed by atoms with Crippen molar-refractivity contribution in [1.82, 2.24) is 5.06 Å². The molecule has 2 rings (SSSR count). The molecule has 19 heavy (non-hydrogen) atoms. The van der Waals surface area contributed by atoms with Crippen molar-refractivity contribution in [3.05, 3.63) is 47.5 Å². The number of ether oxygens (including phenoxy) is 2. The number of rotatable bonds is 3. The SMILES string of the molecule is CC1=CC(=O)N(O)C1OC(=O)OCc1ccccc1. The predicted octanol–water partition coefficient (Wildman–Crippen LogP) is 1.84. The van der Waals surface area contributed by atoms with Gasteiger partial charge in [0.25, 0.3) is 5.91 Å². The van der Waals surface area contributed by atoms with Crippen LogP contribution in [0.5, 0.6) is 0 Å². The molecule has 0 bridgehead atoms. The summed E-state index contributed by atoms with van der Waals surface area (Å²) in [6.07, 6.45) is -0.874. The maximum atomic E-state index is 11.4. The van der Waals surface area contributed by atoms with E-state index in [1.807, 2.05) is 18.2 Å². The minimum Gasteiger partial charge on any atom is -0.429 e. The molecule has 1 amide bonds. The molecule has 0 saturated carbocycles. The molecule has 1 aromatic rings. The highest BCUT2D eigenvalue weighted by atomic mass is 16.7. The van der Waals surface area contributed by atoms with E-state index in [0.29, 0.717) is 10.6 Å². The van der Waals surface area contributed by atoms with Gasteiger partial charge in [0.15, 0.2) is 0 Å². The second kappa shape index (κ2) is 5.53. The van der Waals surface area contributed by atoms with Gasteiger partial charge in [0.1, 0.15) is 6.61 Å². The van der Waals surface area contributed by atoms with Gasteiger partial charge in [-0.2, -0.15) is 5.06 Å². The van der Waals surface area contributed by atoms with Crippen molar-refractivity contribution < 1.29 is 24.3 Å². The van der Waals surface area contributed by atoms with Gasteiger partial charge in [-0.15, -0.1) is 0 Å². The minimum atomic E-state index is -1.12. The van der Waals surface area contributed by atoms with Crippen molar-refractivity contribution in [2.75, 3.05) is 0 Å². The topological polar surface area (TPSA) is 76.1 Å². The molecule has 1 aliphatic heterocycles. The average molecular weight is 263 g/mol. The lowest BCUT2D eigenvalue weighted by molar-refractivity contribution is -0.190. The maximum Gasteiger partial charge on any atom is 0.510 e. The monoisotopic (exact) mass is 263 g/mol. The van der Waals surface area contributed by atoms with Crippen molar-refractivity contribution in [1.29, 1.82) is 0 Å². The van der Waals surface area contributed by atoms with Crippen LogP contribution in [0.2, 0.25) is 0 Å². The molecular formula is C13H13NO5. The second-order valence-corrected chi connectivity index (χ2v) is 4.07. The van der Waals surface area contributed by atoms with Crippen molar-refractivity contribution in [3.8, 4) is 0 Å². The summed E-state index contributed by atoms with van der Waals surface area (Å²) in [4.78, 5) is 22.6. The zero-order valence-electron chi connectivity index (χ0n) is 10.3. The van der Waals surface area contributed by atoms with Gasteiger partial charge >= 0.3 is 6.16 Å². The van der Waals surface area contributed by atoms with E-state index in [0.717, 1.165) is 5.56 Å². The zero-order chi connectivity index (χ0) is 13.8. The third-order valence-electron chi connectivity index (χ3n) is 2.60. The molecule has 0 aliphatic carbocycles. The smallest absolute Gasteiger partial charge is 0.429 e. The molecule has 1 aromatic carbocycles. The Morgan fingerprint density at radius 3 is 2.63 bits per heavy atom. The highest BCUT2D eigenvalue weighted by Gasteiger charge is 2.33. The maximum absolute atomic E-state index is 11.4. The molecule has 1 unspecified atom stereocenters. The van der Waals surface area contributed by atoms with Gasteiger partial charge in [-0.1, -0.05) is 30.3 Å². The number of hydrogen-bond acceptors (Lipinski definition) is 5. The van der Waals surface area contributed by atoms with Gasteiger partial charge in [0, 0.05) is 6.08 Å². The van der Waals surface area contributed by atoms with E-state index in [1.165, 1.54) is 6.08 Å². The summed E-state index contributed by atoms with van der Waals surface area (Å²) >= 11 is 0. The van der Waals surface area contributed by atoms with Gasteiger partial charge in [-0.25, -0.2) is 4.79 Å². The Morgan fingerprint density at radius 2 is 2.05 bits per heavy atom. The molecule has 0 radical (unpaired) electrons. The van der Waals surface area contributed by atoms with E-state index in [2.05, 4.69) is 0 Å². The van der Waals surface area contributed by atoms with Crippen molar-refractivity contribution in [2.24, 2.45) is 0 Å². The van der Waals surface area contributed by atoms with Gasteiger partial charge in [-0.3, -0.25) is 10.0 Å². The van der Waals surface area contributed by atoms with Gasteiger partial charge < -0.3 is 9.47 Å². The Hall–Kier alpha value is -2.34. The molecule has 6 nitrogen and oxygen atoms in total. The van der Waals surface area contributed by atoms with Crippen molar-refractivity contribution in [2.45, 2.75) is 19.8 Å². The van der Waals surface area contributed by atoms with E-state index in [4.69, 9.17) is 9.47 Å². The summed E-state index contributed by atoms with van der Waals surface area (Å²) in [6.45, 7) is 1.64. The van der Waals surface area contributed by atoms with Crippen LogP contribution < -0.4 is 0 Å². The number of hydroxylamine groups is 2. The van der Waals surface area contributed by atoms with E-state index in [1.54, 1.807) is 19.1 Å². The first-order chi connectivity index (χ1) is 9.08. The summed E-state index contributed by atoms with van der Waals surface area (Å²) in [5, 5.41) is 9.71. The molecule has 1 N–H and O–H groups in total. The van der Waals surface area contributed by atoms with Crippen LogP contribution >= 0.6 is 0 Å². The summed E-state index contributed by atoms with van der Waals surface area (Å²) in [5.74, 6) is -0.627. The van der Waals surface area contributed by atoms with Gasteiger partial charge in [0.05, 0.1) is 0 Å². The summed E-state index contributed by atoms with van der Waals surface area (Å²) in [5.41, 5.74) is 1.25. The lowest BCUT2D eigenvalue weighted by Crippen LogP contribution is -2.35. The number of amides is 1. The number of benzene rings is 1. The quantitative estimate of drug-likeness (QED) is 0.665. The summed E-state index contributed by atoms with van der Waals surface area (Å²) in [7, 11) is 0. The Labute approximate surface area is 109 Å². The third kappa shape index (κ3) is 3.11. The fourth-order valence-electron chi connectivity index (χ4n) is 1.63. The molecule has 0 fully saturated rings. The van der Waals surface area contributed by atoms with E-state index in [9.17, 15) is 14.8 Å². The highest BCUT2D eigenvalue weighted by molar-refractivity contribution is 5.90. The second-order valence-electron chi connectivity index (χ2n) is 4.07. The fraction of sp³-hybridized carbons (Fsp3) is 0.231. The Kier molecular flexibility index (Phi) is 3.82. The number of hydrogen-bond donors (Lipinski definition) is 1. The molecule has 1 aliphatic rings.